The molecule has 0 aliphatic heterocycles. The Morgan fingerprint density at radius 2 is 1.53 bits per heavy atom. The average Bonchev–Trinajstić information content (AvgIpc) is 3.39. The van der Waals surface area contributed by atoms with Crippen LogP contribution in [-0.2, 0) is 5.41 Å². The van der Waals surface area contributed by atoms with E-state index < -0.39 is 0 Å². The highest BCUT2D eigenvalue weighted by molar-refractivity contribution is 7.99. The van der Waals surface area contributed by atoms with Gasteiger partial charge in [-0.05, 0) is 48.5 Å². The van der Waals surface area contributed by atoms with Crippen LogP contribution < -0.4 is 14.2 Å². The van der Waals surface area contributed by atoms with E-state index in [0.717, 1.165) is 49.2 Å². The monoisotopic (exact) mass is 526 g/mol. The molecule has 0 amide bonds. The Morgan fingerprint density at radius 3 is 2.21 bits per heavy atom. The van der Waals surface area contributed by atoms with Gasteiger partial charge in [0, 0.05) is 27.3 Å². The fraction of sp³-hybridized carbons (Fsp3) is 0.233. The van der Waals surface area contributed by atoms with E-state index >= 15 is 0 Å². The highest BCUT2D eigenvalue weighted by Crippen LogP contribution is 2.38. The second-order valence-corrected chi connectivity index (χ2v) is 10.9. The minimum absolute atomic E-state index is 0.0984. The molecule has 0 atom stereocenters. The molecular formula is C30H30N4O3S. The van der Waals surface area contributed by atoms with Crippen LogP contribution in [0.2, 0.25) is 0 Å². The van der Waals surface area contributed by atoms with Crippen LogP contribution in [0.4, 0.5) is 0 Å². The molecule has 3 aromatic carbocycles. The summed E-state index contributed by atoms with van der Waals surface area (Å²) in [6.07, 6.45) is 1.58. The first kappa shape index (κ1) is 25.6. The van der Waals surface area contributed by atoms with E-state index in [9.17, 15) is 0 Å². The van der Waals surface area contributed by atoms with Crippen LogP contribution in [0, 0.1) is 0 Å². The van der Waals surface area contributed by atoms with Gasteiger partial charge in [-0.1, -0.05) is 44.7 Å². The van der Waals surface area contributed by atoms with Crippen molar-refractivity contribution in [3.05, 3.63) is 78.8 Å². The number of methoxy groups -OCH3 is 3. The van der Waals surface area contributed by atoms with Crippen LogP contribution in [0.3, 0.4) is 0 Å². The minimum atomic E-state index is -0.0984. The van der Waals surface area contributed by atoms with E-state index in [-0.39, 0.29) is 5.41 Å². The minimum Gasteiger partial charge on any atom is -0.497 e. The zero-order valence-corrected chi connectivity index (χ0v) is 23.2. The Labute approximate surface area is 226 Å². The molecule has 0 unspecified atom stereocenters. The van der Waals surface area contributed by atoms with E-state index in [4.69, 9.17) is 19.3 Å². The Kier molecular flexibility index (Phi) is 6.99. The molecular weight excluding hydrogens is 496 g/mol. The lowest BCUT2D eigenvalue weighted by Crippen LogP contribution is -2.12. The van der Waals surface area contributed by atoms with Crippen LogP contribution in [0.5, 0.6) is 17.2 Å². The standard InChI is InChI=1S/C30H30N4O3S/c1-30(2,3)28-17-25(34(33-28)20-10-12-21(35-4)13-11-20)19-8-7-9-22(14-19)38-29-23-15-26(36-5)27(37-6)16-24(23)31-18-32-29/h7-18H,1-6H3. The third kappa shape index (κ3) is 5.04. The lowest BCUT2D eigenvalue weighted by Gasteiger charge is -2.14. The fourth-order valence-corrected chi connectivity index (χ4v) is 5.07. The molecule has 0 saturated heterocycles. The first-order chi connectivity index (χ1) is 18.3. The van der Waals surface area contributed by atoms with E-state index in [1.54, 1.807) is 39.4 Å². The lowest BCUT2D eigenvalue weighted by atomic mass is 9.92. The molecule has 0 N–H and O–H groups in total. The Balaban J connectivity index is 1.56. The van der Waals surface area contributed by atoms with Gasteiger partial charge in [0.25, 0.3) is 0 Å². The molecule has 2 aromatic heterocycles. The van der Waals surface area contributed by atoms with Crippen LogP contribution in [-0.4, -0.2) is 41.1 Å². The summed E-state index contributed by atoms with van der Waals surface area (Å²) in [4.78, 5) is 10.1. The zero-order chi connectivity index (χ0) is 26.9. The first-order valence-electron chi connectivity index (χ1n) is 12.2. The average molecular weight is 527 g/mol. The van der Waals surface area contributed by atoms with Crippen molar-refractivity contribution >= 4 is 22.7 Å². The zero-order valence-electron chi connectivity index (χ0n) is 22.4. The Morgan fingerprint density at radius 1 is 0.789 bits per heavy atom. The van der Waals surface area contributed by atoms with Crippen molar-refractivity contribution in [3.8, 4) is 34.2 Å². The highest BCUT2D eigenvalue weighted by Gasteiger charge is 2.22. The molecule has 194 valence electrons. The van der Waals surface area contributed by atoms with Gasteiger partial charge >= 0.3 is 0 Å². The molecule has 0 fully saturated rings. The van der Waals surface area contributed by atoms with Crippen molar-refractivity contribution in [1.29, 1.82) is 0 Å². The van der Waals surface area contributed by atoms with Crippen molar-refractivity contribution in [2.75, 3.05) is 21.3 Å². The van der Waals surface area contributed by atoms with Gasteiger partial charge in [-0.25, -0.2) is 14.6 Å². The molecule has 0 saturated carbocycles. The Hall–Kier alpha value is -4.04. The summed E-state index contributed by atoms with van der Waals surface area (Å²) in [7, 11) is 4.91. The predicted molar refractivity (Wildman–Crippen MR) is 151 cm³/mol. The van der Waals surface area contributed by atoms with Crippen LogP contribution >= 0.6 is 11.8 Å². The quantitative estimate of drug-likeness (QED) is 0.212. The van der Waals surface area contributed by atoms with Crippen molar-refractivity contribution in [2.24, 2.45) is 0 Å². The van der Waals surface area contributed by atoms with E-state index in [1.807, 2.05) is 41.1 Å². The number of rotatable bonds is 7. The molecule has 0 aliphatic carbocycles. The third-order valence-electron chi connectivity index (χ3n) is 6.24. The summed E-state index contributed by atoms with van der Waals surface area (Å²) in [5, 5.41) is 6.74. The fourth-order valence-electron chi connectivity index (χ4n) is 4.14. The van der Waals surface area contributed by atoms with Gasteiger partial charge in [0.2, 0.25) is 0 Å². The molecule has 0 spiro atoms. The summed E-state index contributed by atoms with van der Waals surface area (Å²) in [6, 6.07) is 22.3. The Bertz CT molecular complexity index is 1590. The molecule has 5 rings (SSSR count). The number of hydrogen-bond acceptors (Lipinski definition) is 7. The molecule has 5 aromatic rings. The van der Waals surface area contributed by atoms with E-state index in [2.05, 4.69) is 61.1 Å². The summed E-state index contributed by atoms with van der Waals surface area (Å²) in [5.74, 6) is 2.09. The summed E-state index contributed by atoms with van der Waals surface area (Å²) >= 11 is 1.58. The van der Waals surface area contributed by atoms with Gasteiger partial charge < -0.3 is 14.2 Å². The van der Waals surface area contributed by atoms with Gasteiger partial charge in [0.05, 0.1) is 43.9 Å². The molecule has 2 heterocycles. The van der Waals surface area contributed by atoms with Gasteiger partial charge in [-0.15, -0.1) is 0 Å². The van der Waals surface area contributed by atoms with Crippen LogP contribution in [0.1, 0.15) is 26.5 Å². The normalized spacial score (nSPS) is 11.5. The first-order valence-corrected chi connectivity index (χ1v) is 13.0. The highest BCUT2D eigenvalue weighted by atomic mass is 32.2. The number of hydrogen-bond donors (Lipinski definition) is 0. The lowest BCUT2D eigenvalue weighted by molar-refractivity contribution is 0.355. The number of aromatic nitrogens is 4. The number of ether oxygens (including phenoxy) is 3. The van der Waals surface area contributed by atoms with Gasteiger partial charge in [-0.2, -0.15) is 5.10 Å². The molecule has 0 bridgehead atoms. The largest absolute Gasteiger partial charge is 0.497 e. The SMILES string of the molecule is COc1ccc(-n2nc(C(C)(C)C)cc2-c2cccc(Sc3ncnc4cc(OC)c(OC)cc34)c2)cc1. The summed E-state index contributed by atoms with van der Waals surface area (Å²) in [5.41, 5.74) is 4.76. The number of benzene rings is 3. The molecule has 0 radical (unpaired) electrons. The summed E-state index contributed by atoms with van der Waals surface area (Å²) in [6.45, 7) is 6.52. The molecule has 7 nitrogen and oxygen atoms in total. The molecule has 0 aliphatic rings. The van der Waals surface area contributed by atoms with Crippen molar-refractivity contribution in [2.45, 2.75) is 36.1 Å². The summed E-state index contributed by atoms with van der Waals surface area (Å²) < 4.78 is 18.3. The predicted octanol–water partition coefficient (Wildman–Crippen LogP) is 6.96. The maximum absolute atomic E-state index is 5.52. The number of nitrogens with zero attached hydrogens (tertiary/aromatic N) is 4. The maximum Gasteiger partial charge on any atom is 0.162 e. The number of fused-ring (bicyclic) bond motifs is 1. The van der Waals surface area contributed by atoms with E-state index in [0.29, 0.717) is 11.5 Å². The van der Waals surface area contributed by atoms with Crippen LogP contribution in [0.25, 0.3) is 27.8 Å². The van der Waals surface area contributed by atoms with Crippen molar-refractivity contribution in [1.82, 2.24) is 19.7 Å². The maximum atomic E-state index is 5.52. The molecule has 38 heavy (non-hydrogen) atoms. The van der Waals surface area contributed by atoms with E-state index in [1.165, 1.54) is 0 Å². The third-order valence-corrected chi connectivity index (χ3v) is 7.25. The van der Waals surface area contributed by atoms with Crippen molar-refractivity contribution < 1.29 is 14.2 Å². The van der Waals surface area contributed by atoms with Crippen molar-refractivity contribution in [3.63, 3.8) is 0 Å². The second kappa shape index (κ2) is 10.4. The molecule has 8 heteroatoms. The topological polar surface area (TPSA) is 71.3 Å². The smallest absolute Gasteiger partial charge is 0.162 e. The van der Waals surface area contributed by atoms with Crippen LogP contribution in [0.15, 0.2) is 83.0 Å². The van der Waals surface area contributed by atoms with Gasteiger partial charge in [0.15, 0.2) is 11.5 Å². The second-order valence-electron chi connectivity index (χ2n) is 9.81. The van der Waals surface area contributed by atoms with Gasteiger partial charge in [-0.3, -0.25) is 0 Å². The van der Waals surface area contributed by atoms with Gasteiger partial charge in [0.1, 0.15) is 17.1 Å².